The van der Waals surface area contributed by atoms with Crippen LogP contribution in [0.25, 0.3) is 0 Å². The molecule has 0 bridgehead atoms. The molecule has 2 aliphatic rings. The van der Waals surface area contributed by atoms with Gasteiger partial charge < -0.3 is 57.8 Å². The first-order chi connectivity index (χ1) is 29.6. The molecule has 0 spiro atoms. The third-order valence-corrected chi connectivity index (χ3v) is 9.89. The van der Waals surface area contributed by atoms with Crippen LogP contribution in [0.2, 0.25) is 0 Å². The van der Waals surface area contributed by atoms with E-state index in [2.05, 4.69) is 5.32 Å². The zero-order chi connectivity index (χ0) is 43.1. The monoisotopic (exact) mass is 843 g/mol. The van der Waals surface area contributed by atoms with Gasteiger partial charge in [-0.25, -0.2) is 14.4 Å². The maximum absolute atomic E-state index is 13.8. The van der Waals surface area contributed by atoms with Crippen LogP contribution in [0.3, 0.4) is 0 Å². The van der Waals surface area contributed by atoms with Gasteiger partial charge in [-0.05, 0) is 28.8 Å². The van der Waals surface area contributed by atoms with Crippen LogP contribution in [0.1, 0.15) is 34.0 Å². The van der Waals surface area contributed by atoms with Crippen LogP contribution < -0.4 is 5.32 Å². The topological polar surface area (TPSA) is 193 Å². The summed E-state index contributed by atoms with van der Waals surface area (Å²) >= 11 is 0. The van der Waals surface area contributed by atoms with E-state index in [-0.39, 0.29) is 25.4 Å². The Labute approximate surface area is 352 Å². The molecule has 2 fully saturated rings. The Balaban J connectivity index is 1.39. The Morgan fingerprint density at radius 2 is 1.18 bits per heavy atom. The van der Waals surface area contributed by atoms with Crippen molar-refractivity contribution < 1.29 is 71.7 Å². The number of amides is 1. The van der Waals surface area contributed by atoms with Crippen LogP contribution in [0.4, 0.5) is 4.79 Å². The first-order valence-electron chi connectivity index (χ1n) is 19.6. The van der Waals surface area contributed by atoms with E-state index in [4.69, 9.17) is 47.4 Å². The summed E-state index contributed by atoms with van der Waals surface area (Å²) < 4.78 is 59.8. The third kappa shape index (κ3) is 12.2. The van der Waals surface area contributed by atoms with Gasteiger partial charge in [-0.2, -0.15) is 0 Å². The van der Waals surface area contributed by atoms with E-state index in [0.29, 0.717) is 5.56 Å². The number of aliphatic hydroxyl groups is 1. The lowest BCUT2D eigenvalue weighted by atomic mass is 9.94. The summed E-state index contributed by atoms with van der Waals surface area (Å²) in [6.45, 7) is 0.634. The molecule has 16 heteroatoms. The summed E-state index contributed by atoms with van der Waals surface area (Å²) in [5.74, 6) is -2.45. The molecule has 4 aromatic carbocycles. The summed E-state index contributed by atoms with van der Waals surface area (Å²) in [6, 6.07) is 34.1. The van der Waals surface area contributed by atoms with Gasteiger partial charge in [0, 0.05) is 14.0 Å². The fourth-order valence-electron chi connectivity index (χ4n) is 6.87. The number of ether oxygens (including phenoxy) is 10. The lowest BCUT2D eigenvalue weighted by molar-refractivity contribution is -0.348. The maximum atomic E-state index is 13.8. The number of benzene rings is 4. The number of alkyl carbamates (subject to hydrolysis) is 1. The predicted octanol–water partition coefficient (Wildman–Crippen LogP) is 4.26. The van der Waals surface area contributed by atoms with Crippen molar-refractivity contribution in [2.75, 3.05) is 20.8 Å². The normalized spacial score (nSPS) is 26.0. The molecule has 2 N–H and O–H groups in total. The number of hydrogen-bond acceptors (Lipinski definition) is 15. The minimum atomic E-state index is -1.74. The highest BCUT2D eigenvalue weighted by molar-refractivity contribution is 5.89. The molecule has 2 saturated heterocycles. The molecule has 4 aromatic rings. The molecule has 2 heterocycles. The fraction of sp³-hybridized carbons (Fsp3) is 0.378. The average Bonchev–Trinajstić information content (AvgIpc) is 3.29. The second kappa shape index (κ2) is 22.2. The van der Waals surface area contributed by atoms with Crippen molar-refractivity contribution in [2.24, 2.45) is 0 Å². The lowest BCUT2D eigenvalue weighted by Gasteiger charge is -2.48. The molecule has 0 aliphatic carbocycles. The molecule has 1 amide bonds. The summed E-state index contributed by atoms with van der Waals surface area (Å²) in [4.78, 5) is 52.8. The van der Waals surface area contributed by atoms with Crippen molar-refractivity contribution in [2.45, 2.75) is 88.1 Å². The summed E-state index contributed by atoms with van der Waals surface area (Å²) in [6.07, 6.45) is -14.0. The molecule has 6 rings (SSSR count). The van der Waals surface area contributed by atoms with Crippen molar-refractivity contribution in [3.05, 3.63) is 144 Å². The molecular formula is C45H49NO15. The van der Waals surface area contributed by atoms with E-state index in [1.165, 1.54) is 26.2 Å². The second-order valence-electron chi connectivity index (χ2n) is 14.1. The number of carbonyl (C=O) groups is 4. The lowest BCUT2D eigenvalue weighted by Crippen LogP contribution is -2.69. The van der Waals surface area contributed by atoms with Crippen molar-refractivity contribution in [1.29, 1.82) is 0 Å². The largest absolute Gasteiger partial charge is 0.467 e. The van der Waals surface area contributed by atoms with Gasteiger partial charge in [-0.3, -0.25) is 4.79 Å². The quantitative estimate of drug-likeness (QED) is 0.113. The number of esters is 3. The molecule has 2 aliphatic heterocycles. The van der Waals surface area contributed by atoms with Crippen LogP contribution in [-0.4, -0.2) is 111 Å². The Bertz CT molecular complexity index is 1990. The van der Waals surface area contributed by atoms with Gasteiger partial charge in [0.25, 0.3) is 0 Å². The Morgan fingerprint density at radius 1 is 0.639 bits per heavy atom. The van der Waals surface area contributed by atoms with Crippen LogP contribution in [-0.2, 0) is 76.8 Å². The summed E-state index contributed by atoms with van der Waals surface area (Å²) in [5, 5.41) is 14.5. The van der Waals surface area contributed by atoms with Crippen LogP contribution in [0, 0.1) is 0 Å². The number of methoxy groups -OCH3 is 2. The molecule has 10 atom stereocenters. The summed E-state index contributed by atoms with van der Waals surface area (Å²) in [5.41, 5.74) is 2.34. The number of hydrogen-bond donors (Lipinski definition) is 2. The van der Waals surface area contributed by atoms with Crippen LogP contribution in [0.15, 0.2) is 121 Å². The van der Waals surface area contributed by atoms with E-state index >= 15 is 0 Å². The molecule has 0 radical (unpaired) electrons. The Kier molecular flexibility index (Phi) is 16.3. The predicted molar refractivity (Wildman–Crippen MR) is 213 cm³/mol. The van der Waals surface area contributed by atoms with Crippen molar-refractivity contribution in [3.8, 4) is 0 Å². The van der Waals surface area contributed by atoms with Crippen LogP contribution >= 0.6 is 0 Å². The highest BCUT2D eigenvalue weighted by atomic mass is 16.8. The zero-order valence-electron chi connectivity index (χ0n) is 33.8. The highest BCUT2D eigenvalue weighted by Crippen LogP contribution is 2.35. The minimum absolute atomic E-state index is 0.0242. The standard InChI is InChI=1S/C45H49NO15/c1-28(47)54-27-33-36(37(55-24-29-16-8-4-9-17-29)34(43(53-3)58-33)46-45(51)57-26-31-20-12-6-13-21-31)60-44-40(59-41(49)32-22-14-7-15-23-32)38(35(48)39(61-44)42(50)52-2)56-25-30-18-10-5-11-19-30/h4-23,33-40,43-44,48H,24-27H2,1-3H3,(H,46,51)/t33-,34-,35+,36-,37-,38+,39-,40-,43+,44-/m1/s1. The van der Waals surface area contributed by atoms with E-state index in [1.807, 2.05) is 54.6 Å². The molecule has 16 nitrogen and oxygen atoms in total. The average molecular weight is 844 g/mol. The molecule has 0 saturated carbocycles. The third-order valence-electron chi connectivity index (χ3n) is 9.89. The molecule has 0 aromatic heterocycles. The Morgan fingerprint density at radius 3 is 1.72 bits per heavy atom. The van der Waals surface area contributed by atoms with Gasteiger partial charge >= 0.3 is 24.0 Å². The van der Waals surface area contributed by atoms with Crippen LogP contribution in [0.5, 0.6) is 0 Å². The zero-order valence-corrected chi connectivity index (χ0v) is 33.8. The van der Waals surface area contributed by atoms with E-state index in [0.717, 1.165) is 18.2 Å². The van der Waals surface area contributed by atoms with E-state index in [9.17, 15) is 24.3 Å². The fourth-order valence-corrected chi connectivity index (χ4v) is 6.87. The molecular weight excluding hydrogens is 794 g/mol. The Hall–Kier alpha value is -5.72. The van der Waals surface area contributed by atoms with Crippen molar-refractivity contribution in [3.63, 3.8) is 0 Å². The number of nitrogens with one attached hydrogen (secondary N) is 1. The smallest absolute Gasteiger partial charge is 0.407 e. The molecule has 0 unspecified atom stereocenters. The SMILES string of the molecule is COC(=O)[C@@H]1O[C@@H](O[C@H]2[C@H](OCc3ccccc3)[C@@H](NC(=O)OCc3ccccc3)[C@@H](OC)O[C@@H]2COC(C)=O)[C@H](OC(=O)c2ccccc2)[C@@H](OCc2ccccc2)[C@@H]1O. The first-order valence-corrected chi connectivity index (χ1v) is 19.6. The molecule has 61 heavy (non-hydrogen) atoms. The van der Waals surface area contributed by atoms with Gasteiger partial charge in [-0.15, -0.1) is 0 Å². The summed E-state index contributed by atoms with van der Waals surface area (Å²) in [7, 11) is 2.47. The number of carbonyl (C=O) groups excluding carboxylic acids is 4. The van der Waals surface area contributed by atoms with Gasteiger partial charge in [0.1, 0.15) is 49.8 Å². The van der Waals surface area contributed by atoms with Gasteiger partial charge in [-0.1, -0.05) is 109 Å². The van der Waals surface area contributed by atoms with Crippen molar-refractivity contribution in [1.82, 2.24) is 5.32 Å². The minimum Gasteiger partial charge on any atom is -0.467 e. The second-order valence-corrected chi connectivity index (χ2v) is 14.1. The first kappa shape index (κ1) is 44.8. The van der Waals surface area contributed by atoms with Gasteiger partial charge in [0.15, 0.2) is 24.8 Å². The number of aliphatic hydroxyl groups excluding tert-OH is 1. The van der Waals surface area contributed by atoms with E-state index in [1.54, 1.807) is 54.6 Å². The van der Waals surface area contributed by atoms with E-state index < -0.39 is 92.0 Å². The van der Waals surface area contributed by atoms with Gasteiger partial charge in [0.05, 0.1) is 25.9 Å². The van der Waals surface area contributed by atoms with Gasteiger partial charge in [0.2, 0.25) is 0 Å². The van der Waals surface area contributed by atoms with Crippen molar-refractivity contribution >= 4 is 24.0 Å². The highest BCUT2D eigenvalue weighted by Gasteiger charge is 2.56. The molecule has 324 valence electrons. The number of rotatable bonds is 17. The maximum Gasteiger partial charge on any atom is 0.407 e.